The molecule has 0 saturated carbocycles. The van der Waals surface area contributed by atoms with Crippen molar-refractivity contribution in [1.82, 2.24) is 10.2 Å². The first-order chi connectivity index (χ1) is 9.41. The van der Waals surface area contributed by atoms with Gasteiger partial charge in [-0.05, 0) is 0 Å². The first-order valence-corrected chi connectivity index (χ1v) is 5.98. The van der Waals surface area contributed by atoms with Crippen LogP contribution in [0.5, 0.6) is 0 Å². The molecule has 1 aliphatic heterocycles. The van der Waals surface area contributed by atoms with Gasteiger partial charge in [-0.3, -0.25) is 19.3 Å². The third kappa shape index (κ3) is 4.75. The third-order valence-electron chi connectivity index (χ3n) is 2.55. The van der Waals surface area contributed by atoms with E-state index in [0.717, 1.165) is 4.90 Å². The number of esters is 1. The number of carbonyl (C=O) groups excluding carboxylic acids is 3. The molecule has 0 radical (unpaired) electrons. The van der Waals surface area contributed by atoms with E-state index in [0.29, 0.717) is 0 Å². The summed E-state index contributed by atoms with van der Waals surface area (Å²) >= 11 is 0. The highest BCUT2D eigenvalue weighted by molar-refractivity contribution is 5.88. The molecule has 20 heavy (non-hydrogen) atoms. The van der Waals surface area contributed by atoms with Crippen molar-refractivity contribution < 1.29 is 33.8 Å². The lowest BCUT2D eigenvalue weighted by Crippen LogP contribution is -2.47. The van der Waals surface area contributed by atoms with Crippen LogP contribution in [0.25, 0.3) is 0 Å². The Kier molecular flexibility index (Phi) is 5.75. The highest BCUT2D eigenvalue weighted by Gasteiger charge is 2.37. The van der Waals surface area contributed by atoms with E-state index >= 15 is 0 Å². The van der Waals surface area contributed by atoms with E-state index in [4.69, 9.17) is 14.6 Å². The number of rotatable bonds is 7. The van der Waals surface area contributed by atoms with Crippen molar-refractivity contribution in [2.45, 2.75) is 19.4 Å². The van der Waals surface area contributed by atoms with Crippen molar-refractivity contribution in [3.05, 3.63) is 0 Å². The number of nitrogens with one attached hydrogen (secondary N) is 1. The van der Waals surface area contributed by atoms with E-state index in [2.05, 4.69) is 5.32 Å². The van der Waals surface area contributed by atoms with Crippen molar-refractivity contribution in [3.63, 3.8) is 0 Å². The van der Waals surface area contributed by atoms with Gasteiger partial charge in [0.05, 0.1) is 13.0 Å². The molecule has 1 saturated heterocycles. The lowest BCUT2D eigenvalue weighted by molar-refractivity contribution is -0.141. The molecule has 112 valence electrons. The minimum atomic E-state index is -1.03. The summed E-state index contributed by atoms with van der Waals surface area (Å²) in [5.41, 5.74) is 0. The van der Waals surface area contributed by atoms with Crippen LogP contribution in [0.4, 0.5) is 4.79 Å². The van der Waals surface area contributed by atoms with Crippen LogP contribution in [0.3, 0.4) is 0 Å². The Morgan fingerprint density at radius 2 is 2.20 bits per heavy atom. The largest absolute Gasteiger partial charge is 0.481 e. The second kappa shape index (κ2) is 7.31. The number of amides is 2. The molecule has 1 atom stereocenters. The van der Waals surface area contributed by atoms with Crippen molar-refractivity contribution in [2.75, 3.05) is 26.3 Å². The highest BCUT2D eigenvalue weighted by atomic mass is 16.6. The molecule has 2 amide bonds. The van der Waals surface area contributed by atoms with Crippen molar-refractivity contribution in [3.8, 4) is 0 Å². The van der Waals surface area contributed by atoms with E-state index in [-0.39, 0.29) is 32.7 Å². The van der Waals surface area contributed by atoms with Crippen LogP contribution in [0.1, 0.15) is 13.3 Å². The number of cyclic esters (lactones) is 1. The van der Waals surface area contributed by atoms with Crippen LogP contribution in [-0.2, 0) is 23.9 Å². The lowest BCUT2D eigenvalue weighted by Gasteiger charge is -2.20. The SMILES string of the molecule is CC(=O)OCCN1C(=O)OC[C@H]1C(=O)NCCC(=O)O. The molecule has 0 aromatic carbocycles. The molecular weight excluding hydrogens is 272 g/mol. The topological polar surface area (TPSA) is 122 Å². The van der Waals surface area contributed by atoms with Crippen molar-refractivity contribution in [1.29, 1.82) is 0 Å². The fraction of sp³-hybridized carbons (Fsp3) is 0.636. The molecule has 0 aromatic rings. The zero-order valence-electron chi connectivity index (χ0n) is 11.0. The number of hydrogen-bond donors (Lipinski definition) is 2. The van der Waals surface area contributed by atoms with Gasteiger partial charge in [0, 0.05) is 13.5 Å². The lowest BCUT2D eigenvalue weighted by atomic mass is 10.2. The van der Waals surface area contributed by atoms with E-state index < -0.39 is 30.0 Å². The van der Waals surface area contributed by atoms with E-state index in [1.807, 2.05) is 0 Å². The van der Waals surface area contributed by atoms with E-state index in [1.165, 1.54) is 6.92 Å². The van der Waals surface area contributed by atoms with Crippen molar-refractivity contribution >= 4 is 23.9 Å². The second-order valence-electron chi connectivity index (χ2n) is 4.06. The summed E-state index contributed by atoms with van der Waals surface area (Å²) in [4.78, 5) is 45.3. The Morgan fingerprint density at radius 3 is 2.80 bits per heavy atom. The van der Waals surface area contributed by atoms with Gasteiger partial charge < -0.3 is 19.9 Å². The zero-order valence-corrected chi connectivity index (χ0v) is 11.0. The predicted molar refractivity (Wildman–Crippen MR) is 63.7 cm³/mol. The molecule has 1 aliphatic rings. The van der Waals surface area contributed by atoms with E-state index in [1.54, 1.807) is 0 Å². The van der Waals surface area contributed by atoms with Gasteiger partial charge in [0.1, 0.15) is 19.3 Å². The van der Waals surface area contributed by atoms with Gasteiger partial charge in [0.15, 0.2) is 0 Å². The zero-order chi connectivity index (χ0) is 15.1. The fourth-order valence-corrected chi connectivity index (χ4v) is 1.61. The van der Waals surface area contributed by atoms with Crippen LogP contribution >= 0.6 is 0 Å². The van der Waals surface area contributed by atoms with Crippen LogP contribution < -0.4 is 5.32 Å². The first kappa shape index (κ1) is 15.7. The molecule has 2 N–H and O–H groups in total. The summed E-state index contributed by atoms with van der Waals surface area (Å²) in [6.45, 7) is 1.09. The summed E-state index contributed by atoms with van der Waals surface area (Å²) in [6, 6.07) is -0.841. The Balaban J connectivity index is 2.45. The number of ether oxygens (including phenoxy) is 2. The quantitative estimate of drug-likeness (QED) is 0.574. The number of aliphatic carboxylic acids is 1. The fourth-order valence-electron chi connectivity index (χ4n) is 1.61. The molecule has 1 heterocycles. The summed E-state index contributed by atoms with van der Waals surface area (Å²) in [5.74, 6) is -2.02. The number of nitrogens with zero attached hydrogens (tertiary/aromatic N) is 1. The molecule has 0 aromatic heterocycles. The summed E-state index contributed by atoms with van der Waals surface area (Å²) in [5, 5.41) is 10.9. The van der Waals surface area contributed by atoms with Gasteiger partial charge in [0.2, 0.25) is 5.91 Å². The van der Waals surface area contributed by atoms with Crippen molar-refractivity contribution in [2.24, 2.45) is 0 Å². The summed E-state index contributed by atoms with van der Waals surface area (Å²) in [7, 11) is 0. The maximum absolute atomic E-state index is 11.8. The monoisotopic (exact) mass is 288 g/mol. The van der Waals surface area contributed by atoms with E-state index in [9.17, 15) is 19.2 Å². The van der Waals surface area contributed by atoms with Gasteiger partial charge in [-0.25, -0.2) is 4.79 Å². The summed E-state index contributed by atoms with van der Waals surface area (Å²) < 4.78 is 9.45. The first-order valence-electron chi connectivity index (χ1n) is 5.98. The van der Waals surface area contributed by atoms with Gasteiger partial charge >= 0.3 is 18.0 Å². The van der Waals surface area contributed by atoms with Gasteiger partial charge in [-0.15, -0.1) is 0 Å². The Labute approximate surface area is 114 Å². The smallest absolute Gasteiger partial charge is 0.410 e. The molecular formula is C11H16N2O7. The number of carboxylic acids is 1. The maximum atomic E-state index is 11.8. The molecule has 0 spiro atoms. The standard InChI is InChI=1S/C11H16N2O7/c1-7(14)19-5-4-13-8(6-20-11(13)18)10(17)12-3-2-9(15)16/h8H,2-6H2,1H3,(H,12,17)(H,15,16)/t8-/m0/s1. The molecule has 1 rings (SSSR count). The minimum Gasteiger partial charge on any atom is -0.481 e. The van der Waals surface area contributed by atoms with Crippen LogP contribution in [0.15, 0.2) is 0 Å². The molecule has 0 unspecified atom stereocenters. The molecule has 9 nitrogen and oxygen atoms in total. The third-order valence-corrected chi connectivity index (χ3v) is 2.55. The minimum absolute atomic E-state index is 0.0311. The van der Waals surface area contributed by atoms with Crippen LogP contribution in [0.2, 0.25) is 0 Å². The molecule has 9 heteroatoms. The predicted octanol–water partition coefficient (Wildman–Crippen LogP) is -1.04. The Hall–Kier alpha value is -2.32. The Morgan fingerprint density at radius 1 is 1.50 bits per heavy atom. The second-order valence-corrected chi connectivity index (χ2v) is 4.06. The Bertz CT molecular complexity index is 410. The number of hydrogen-bond acceptors (Lipinski definition) is 6. The molecule has 0 bridgehead atoms. The van der Waals surface area contributed by atoms with Gasteiger partial charge in [-0.2, -0.15) is 0 Å². The number of carboxylic acid groups (broad SMARTS) is 1. The highest BCUT2D eigenvalue weighted by Crippen LogP contribution is 2.12. The van der Waals surface area contributed by atoms with Gasteiger partial charge in [-0.1, -0.05) is 0 Å². The average Bonchev–Trinajstić information content (AvgIpc) is 2.70. The normalized spacial score (nSPS) is 17.6. The maximum Gasteiger partial charge on any atom is 0.410 e. The molecule has 0 aliphatic carbocycles. The van der Waals surface area contributed by atoms with Crippen LogP contribution in [-0.4, -0.2) is 66.3 Å². The number of carbonyl (C=O) groups is 4. The average molecular weight is 288 g/mol. The molecule has 1 fully saturated rings. The summed E-state index contributed by atoms with van der Waals surface area (Å²) in [6.07, 6.45) is -0.878. The van der Waals surface area contributed by atoms with Gasteiger partial charge in [0.25, 0.3) is 0 Å². The van der Waals surface area contributed by atoms with Crippen LogP contribution in [0, 0.1) is 0 Å².